The minimum absolute atomic E-state index is 0.0475. The Hall–Kier alpha value is -2.61. The summed E-state index contributed by atoms with van der Waals surface area (Å²) in [6.07, 6.45) is 1.08. The van der Waals surface area contributed by atoms with Crippen molar-refractivity contribution in [3.63, 3.8) is 0 Å². The van der Waals surface area contributed by atoms with Gasteiger partial charge in [-0.3, -0.25) is 5.32 Å². The molecule has 0 aliphatic carbocycles. The van der Waals surface area contributed by atoms with Crippen molar-refractivity contribution in [2.75, 3.05) is 25.5 Å². The first-order valence-electron chi connectivity index (χ1n) is 10.00. The highest BCUT2D eigenvalue weighted by Gasteiger charge is 2.30. The topological polar surface area (TPSA) is 61.9 Å². The van der Waals surface area contributed by atoms with Crippen LogP contribution in [-0.2, 0) is 4.74 Å². The highest BCUT2D eigenvalue weighted by Crippen LogP contribution is 2.32. The Morgan fingerprint density at radius 3 is 2.53 bits per heavy atom. The van der Waals surface area contributed by atoms with Crippen molar-refractivity contribution in [2.24, 2.45) is 0 Å². The zero-order chi connectivity index (χ0) is 21.9. The minimum Gasteiger partial charge on any atom is -0.444 e. The number of amides is 3. The second-order valence-corrected chi connectivity index (χ2v) is 9.50. The fraction of sp³-hybridized carbons (Fsp3) is 0.455. The van der Waals surface area contributed by atoms with Crippen LogP contribution < -0.4 is 5.32 Å². The number of ether oxygens (including phenoxy) is 1. The average Bonchev–Trinajstić information content (AvgIpc) is 3.14. The van der Waals surface area contributed by atoms with Gasteiger partial charge in [-0.05, 0) is 63.4 Å². The smallest absolute Gasteiger partial charge is 0.410 e. The zero-order valence-corrected chi connectivity index (χ0v) is 18.6. The van der Waals surface area contributed by atoms with Crippen LogP contribution in [0.5, 0.6) is 0 Å². The lowest BCUT2D eigenvalue weighted by atomic mass is 10.0. The van der Waals surface area contributed by atoms with Crippen molar-refractivity contribution < 1.29 is 18.7 Å². The van der Waals surface area contributed by atoms with Gasteiger partial charge in [0.25, 0.3) is 0 Å². The van der Waals surface area contributed by atoms with E-state index in [2.05, 4.69) is 5.32 Å². The number of anilines is 1. The molecule has 2 aromatic rings. The molecule has 0 bridgehead atoms. The van der Waals surface area contributed by atoms with Crippen LogP contribution >= 0.6 is 11.3 Å². The van der Waals surface area contributed by atoms with Crippen LogP contribution in [0.15, 0.2) is 36.4 Å². The van der Waals surface area contributed by atoms with Crippen LogP contribution in [0.4, 0.5) is 19.0 Å². The van der Waals surface area contributed by atoms with E-state index in [-0.39, 0.29) is 24.0 Å². The zero-order valence-electron chi connectivity index (χ0n) is 17.8. The number of hydrogen-bond donors (Lipinski definition) is 1. The number of hydrogen-bond acceptors (Lipinski definition) is 4. The summed E-state index contributed by atoms with van der Waals surface area (Å²) in [4.78, 5) is 29.1. The minimum atomic E-state index is -0.518. The van der Waals surface area contributed by atoms with Crippen LogP contribution in [0.1, 0.15) is 33.6 Å². The lowest BCUT2D eigenvalue weighted by Crippen LogP contribution is -2.49. The maximum atomic E-state index is 13.4. The molecule has 3 amide bonds. The van der Waals surface area contributed by atoms with E-state index >= 15 is 0 Å². The third-order valence-electron chi connectivity index (χ3n) is 4.93. The lowest BCUT2D eigenvalue weighted by Gasteiger charge is -2.37. The average molecular weight is 434 g/mol. The number of thiophene rings is 1. The molecule has 2 heterocycles. The van der Waals surface area contributed by atoms with Crippen molar-refractivity contribution in [3.05, 3.63) is 42.2 Å². The molecule has 3 rings (SSSR count). The van der Waals surface area contributed by atoms with Gasteiger partial charge in [0.2, 0.25) is 0 Å². The maximum Gasteiger partial charge on any atom is 0.410 e. The first kappa shape index (κ1) is 22.1. The van der Waals surface area contributed by atoms with Crippen molar-refractivity contribution in [1.82, 2.24) is 9.80 Å². The van der Waals surface area contributed by atoms with Gasteiger partial charge < -0.3 is 14.5 Å². The van der Waals surface area contributed by atoms with E-state index in [1.807, 2.05) is 39.0 Å². The van der Waals surface area contributed by atoms with Gasteiger partial charge in [-0.2, -0.15) is 0 Å². The van der Waals surface area contributed by atoms with E-state index < -0.39 is 5.60 Å². The molecule has 1 aromatic heterocycles. The third kappa shape index (κ3) is 5.72. The molecule has 0 unspecified atom stereocenters. The van der Waals surface area contributed by atoms with Gasteiger partial charge in [0, 0.05) is 31.1 Å². The van der Waals surface area contributed by atoms with Crippen LogP contribution in [0, 0.1) is 5.82 Å². The lowest BCUT2D eigenvalue weighted by molar-refractivity contribution is 0.0174. The van der Waals surface area contributed by atoms with Gasteiger partial charge in [-0.25, -0.2) is 14.0 Å². The van der Waals surface area contributed by atoms with Gasteiger partial charge >= 0.3 is 12.1 Å². The molecule has 1 saturated heterocycles. The van der Waals surface area contributed by atoms with Crippen LogP contribution in [-0.4, -0.2) is 53.7 Å². The summed E-state index contributed by atoms with van der Waals surface area (Å²) in [7, 11) is 1.77. The molecular formula is C22H28FN3O3S. The monoisotopic (exact) mass is 433 g/mol. The van der Waals surface area contributed by atoms with Crippen molar-refractivity contribution in [2.45, 2.75) is 45.3 Å². The van der Waals surface area contributed by atoms with E-state index in [9.17, 15) is 14.0 Å². The Morgan fingerprint density at radius 2 is 1.90 bits per heavy atom. The third-order valence-corrected chi connectivity index (χ3v) is 5.98. The summed E-state index contributed by atoms with van der Waals surface area (Å²) in [6, 6.07) is 9.93. The number of benzene rings is 1. The number of urea groups is 1. The van der Waals surface area contributed by atoms with Crippen molar-refractivity contribution in [1.29, 1.82) is 0 Å². The number of carbonyl (C=O) groups excluding carboxylic acids is 2. The fourth-order valence-corrected chi connectivity index (χ4v) is 4.22. The number of piperidine rings is 1. The second kappa shape index (κ2) is 9.04. The van der Waals surface area contributed by atoms with Gasteiger partial charge in [0.1, 0.15) is 11.4 Å². The Morgan fingerprint density at radius 1 is 1.20 bits per heavy atom. The number of nitrogens with zero attached hydrogens (tertiary/aromatic N) is 2. The first-order chi connectivity index (χ1) is 14.1. The molecule has 162 valence electrons. The number of likely N-dealkylation sites (tertiary alicyclic amines) is 1. The SMILES string of the molecule is CN(C(=O)Nc1ccc(-c2cccc(F)c2)s1)C1CCN(C(=O)OC(C)(C)C)CC1. The highest BCUT2D eigenvalue weighted by molar-refractivity contribution is 7.19. The van der Waals surface area contributed by atoms with Gasteiger partial charge in [0.05, 0.1) is 5.00 Å². The molecule has 30 heavy (non-hydrogen) atoms. The molecule has 0 spiro atoms. The van der Waals surface area contributed by atoms with Crippen LogP contribution in [0.2, 0.25) is 0 Å². The van der Waals surface area contributed by atoms with Crippen molar-refractivity contribution in [3.8, 4) is 10.4 Å². The largest absolute Gasteiger partial charge is 0.444 e. The Balaban J connectivity index is 1.53. The summed E-state index contributed by atoms with van der Waals surface area (Å²) in [6.45, 7) is 6.65. The van der Waals surface area contributed by atoms with E-state index in [4.69, 9.17) is 4.74 Å². The molecule has 8 heteroatoms. The highest BCUT2D eigenvalue weighted by atomic mass is 32.1. The summed E-state index contributed by atoms with van der Waals surface area (Å²) in [5.74, 6) is -0.288. The fourth-order valence-electron chi connectivity index (χ4n) is 3.32. The molecule has 6 nitrogen and oxygen atoms in total. The predicted molar refractivity (Wildman–Crippen MR) is 117 cm³/mol. The van der Waals surface area contributed by atoms with E-state index in [0.29, 0.717) is 30.9 Å². The predicted octanol–water partition coefficient (Wildman–Crippen LogP) is 5.42. The standard InChI is InChI=1S/C22H28FN3O3S/c1-22(2,3)29-21(28)26-12-10-17(11-13-26)25(4)20(27)24-19-9-8-18(30-19)15-6-5-7-16(23)14-15/h5-9,14,17H,10-13H2,1-4H3,(H,24,27). The summed E-state index contributed by atoms with van der Waals surface area (Å²) >= 11 is 1.40. The number of rotatable bonds is 3. The molecule has 1 aliphatic heterocycles. The quantitative estimate of drug-likeness (QED) is 0.703. The Bertz CT molecular complexity index is 901. The summed E-state index contributed by atoms with van der Waals surface area (Å²) < 4.78 is 18.9. The second-order valence-electron chi connectivity index (χ2n) is 8.41. The Kier molecular flexibility index (Phi) is 6.65. The molecule has 1 fully saturated rings. The Labute approximate surface area is 180 Å². The molecule has 1 aliphatic rings. The number of halogens is 1. The molecule has 1 N–H and O–H groups in total. The van der Waals surface area contributed by atoms with E-state index in [1.165, 1.54) is 23.5 Å². The number of nitrogens with one attached hydrogen (secondary N) is 1. The van der Waals surface area contributed by atoms with Crippen LogP contribution in [0.25, 0.3) is 10.4 Å². The van der Waals surface area contributed by atoms with E-state index in [0.717, 1.165) is 10.4 Å². The first-order valence-corrected chi connectivity index (χ1v) is 10.8. The van der Waals surface area contributed by atoms with E-state index in [1.54, 1.807) is 22.9 Å². The van der Waals surface area contributed by atoms with Crippen molar-refractivity contribution >= 4 is 28.5 Å². The molecule has 0 radical (unpaired) electrons. The van der Waals surface area contributed by atoms with Crippen LogP contribution in [0.3, 0.4) is 0 Å². The molecule has 1 aromatic carbocycles. The van der Waals surface area contributed by atoms with Gasteiger partial charge in [-0.1, -0.05) is 12.1 Å². The summed E-state index contributed by atoms with van der Waals surface area (Å²) in [5, 5.41) is 3.62. The molecule has 0 atom stereocenters. The molecule has 0 saturated carbocycles. The normalized spacial score (nSPS) is 15.0. The number of carbonyl (C=O) groups is 2. The van der Waals surface area contributed by atoms with Gasteiger partial charge in [0.15, 0.2) is 0 Å². The summed E-state index contributed by atoms with van der Waals surface area (Å²) in [5.41, 5.74) is 0.263. The molecular weight excluding hydrogens is 405 g/mol. The van der Waals surface area contributed by atoms with Gasteiger partial charge in [-0.15, -0.1) is 11.3 Å². The maximum absolute atomic E-state index is 13.4.